The van der Waals surface area contributed by atoms with Crippen LogP contribution in [0.25, 0.3) is 0 Å². The van der Waals surface area contributed by atoms with E-state index in [9.17, 15) is 0 Å². The fraction of sp³-hybridized carbons (Fsp3) is 0.500. The van der Waals surface area contributed by atoms with E-state index >= 15 is 0 Å². The Morgan fingerprint density at radius 1 is 1.13 bits per heavy atom. The lowest BCUT2D eigenvalue weighted by molar-refractivity contribution is -0.0721. The zero-order valence-electron chi connectivity index (χ0n) is 13.9. The molecule has 0 amide bonds. The maximum absolute atomic E-state index is 5.38. The highest BCUT2D eigenvalue weighted by Gasteiger charge is 2.31. The zero-order valence-corrected chi connectivity index (χ0v) is 13.9. The van der Waals surface area contributed by atoms with Gasteiger partial charge in [0, 0.05) is 25.0 Å². The summed E-state index contributed by atoms with van der Waals surface area (Å²) in [6.07, 6.45) is 11.2. The van der Waals surface area contributed by atoms with Gasteiger partial charge in [0.1, 0.15) is 0 Å². The van der Waals surface area contributed by atoms with Gasteiger partial charge in [-0.1, -0.05) is 18.2 Å². The number of piperidine rings is 1. The van der Waals surface area contributed by atoms with Gasteiger partial charge in [-0.3, -0.25) is 4.90 Å². The lowest BCUT2D eigenvalue weighted by Gasteiger charge is -2.42. The third-order valence-electron chi connectivity index (χ3n) is 5.29. The van der Waals surface area contributed by atoms with Crippen molar-refractivity contribution in [2.45, 2.75) is 31.7 Å². The van der Waals surface area contributed by atoms with E-state index in [0.29, 0.717) is 12.0 Å². The highest BCUT2D eigenvalue weighted by Crippen LogP contribution is 2.32. The van der Waals surface area contributed by atoms with Crippen LogP contribution >= 0.6 is 0 Å². The molecule has 0 bridgehead atoms. The van der Waals surface area contributed by atoms with E-state index in [2.05, 4.69) is 59.4 Å². The quantitative estimate of drug-likeness (QED) is 0.850. The van der Waals surface area contributed by atoms with Crippen LogP contribution in [0, 0.1) is 6.92 Å². The number of rotatable bonds is 3. The van der Waals surface area contributed by atoms with Crippen LogP contribution in [0.2, 0.25) is 0 Å². The van der Waals surface area contributed by atoms with Crippen molar-refractivity contribution < 1.29 is 4.74 Å². The molecule has 23 heavy (non-hydrogen) atoms. The van der Waals surface area contributed by atoms with Gasteiger partial charge in [0.2, 0.25) is 0 Å². The highest BCUT2D eigenvalue weighted by atomic mass is 16.5. The second-order valence-electron chi connectivity index (χ2n) is 7.05. The Morgan fingerprint density at radius 2 is 2.04 bits per heavy atom. The summed E-state index contributed by atoms with van der Waals surface area (Å²) in [5, 5.41) is 0. The van der Waals surface area contributed by atoms with Crippen LogP contribution in [0.3, 0.4) is 0 Å². The highest BCUT2D eigenvalue weighted by molar-refractivity contribution is 5.55. The fourth-order valence-corrected chi connectivity index (χ4v) is 3.90. The van der Waals surface area contributed by atoms with Gasteiger partial charge in [-0.25, -0.2) is 0 Å². The zero-order chi connectivity index (χ0) is 15.6. The van der Waals surface area contributed by atoms with Gasteiger partial charge in [0.15, 0.2) is 0 Å². The molecule has 3 aliphatic heterocycles. The van der Waals surface area contributed by atoms with Crippen LogP contribution < -0.4 is 4.90 Å². The van der Waals surface area contributed by atoms with Crippen molar-refractivity contribution in [1.29, 1.82) is 0 Å². The normalized spacial score (nSPS) is 25.6. The first-order chi connectivity index (χ1) is 11.3. The van der Waals surface area contributed by atoms with Gasteiger partial charge < -0.3 is 9.64 Å². The fourth-order valence-electron chi connectivity index (χ4n) is 3.90. The van der Waals surface area contributed by atoms with Crippen molar-refractivity contribution in [1.82, 2.24) is 4.90 Å². The first kappa shape index (κ1) is 15.0. The Bertz CT molecular complexity index is 618. The van der Waals surface area contributed by atoms with Crippen molar-refractivity contribution in [3.05, 3.63) is 53.8 Å². The minimum Gasteiger partial charge on any atom is -0.378 e. The number of hydrogen-bond donors (Lipinski definition) is 0. The molecule has 0 radical (unpaired) electrons. The Hall–Kier alpha value is -1.58. The minimum atomic E-state index is 0.660. The number of anilines is 1. The van der Waals surface area contributed by atoms with Crippen molar-refractivity contribution in [3.8, 4) is 0 Å². The molecule has 3 heteroatoms. The maximum atomic E-state index is 5.38. The van der Waals surface area contributed by atoms with E-state index in [1.54, 1.807) is 0 Å². The number of likely N-dealkylation sites (tertiary alicyclic amines) is 1. The molecule has 122 valence electrons. The summed E-state index contributed by atoms with van der Waals surface area (Å²) in [6, 6.07) is 7.76. The topological polar surface area (TPSA) is 15.7 Å². The summed E-state index contributed by atoms with van der Waals surface area (Å²) >= 11 is 0. The number of ether oxygens (including phenoxy) is 1. The van der Waals surface area contributed by atoms with E-state index < -0.39 is 0 Å². The molecule has 2 fully saturated rings. The van der Waals surface area contributed by atoms with Crippen molar-refractivity contribution >= 4 is 5.69 Å². The molecule has 1 atom stereocenters. The molecular formula is C20H26N2O. The minimum absolute atomic E-state index is 0.660. The second kappa shape index (κ2) is 6.50. The van der Waals surface area contributed by atoms with Crippen LogP contribution in [0.5, 0.6) is 0 Å². The van der Waals surface area contributed by atoms with E-state index in [4.69, 9.17) is 4.74 Å². The second-order valence-corrected chi connectivity index (χ2v) is 7.05. The summed E-state index contributed by atoms with van der Waals surface area (Å²) in [7, 11) is 0. The molecule has 0 aliphatic carbocycles. The van der Waals surface area contributed by atoms with Crippen LogP contribution in [0.4, 0.5) is 5.69 Å². The first-order valence-electron chi connectivity index (χ1n) is 8.83. The Balaban J connectivity index is 1.54. The van der Waals surface area contributed by atoms with Gasteiger partial charge in [-0.2, -0.15) is 0 Å². The molecular weight excluding hydrogens is 284 g/mol. The van der Waals surface area contributed by atoms with Crippen molar-refractivity contribution in [2.24, 2.45) is 0 Å². The van der Waals surface area contributed by atoms with Crippen LogP contribution in [-0.2, 0) is 4.74 Å². The molecule has 1 aromatic carbocycles. The molecule has 3 nitrogen and oxygen atoms in total. The Morgan fingerprint density at radius 3 is 2.78 bits per heavy atom. The standard InChI is InChI=1S/C20H26N2O/c1-16-10-18(12-19(11-16)21-7-3-2-4-8-21)17-6-5-9-22(13-17)20-14-23-15-20/h2-4,7,10-12,17,20H,5-6,8-9,13-15H2,1H3. The maximum Gasteiger partial charge on any atom is 0.0645 e. The molecule has 1 aromatic rings. The smallest absolute Gasteiger partial charge is 0.0645 e. The summed E-state index contributed by atoms with van der Waals surface area (Å²) in [6.45, 7) is 7.47. The lowest BCUT2D eigenvalue weighted by Crippen LogP contribution is -2.52. The summed E-state index contributed by atoms with van der Waals surface area (Å²) in [5.74, 6) is 0.660. The molecule has 0 N–H and O–H groups in total. The Labute approximate surface area is 139 Å². The molecule has 3 heterocycles. The van der Waals surface area contributed by atoms with E-state index in [-0.39, 0.29) is 0 Å². The van der Waals surface area contributed by atoms with E-state index in [0.717, 1.165) is 19.8 Å². The predicted molar refractivity (Wildman–Crippen MR) is 95.0 cm³/mol. The van der Waals surface area contributed by atoms with Crippen molar-refractivity contribution in [3.63, 3.8) is 0 Å². The Kier molecular flexibility index (Phi) is 4.23. The molecule has 0 saturated carbocycles. The van der Waals surface area contributed by atoms with Crippen LogP contribution in [-0.4, -0.2) is 43.8 Å². The largest absolute Gasteiger partial charge is 0.378 e. The SMILES string of the molecule is Cc1cc(C2CCCN(C3COC3)C2)cc(N2C=CC=CC2)c1. The summed E-state index contributed by atoms with van der Waals surface area (Å²) in [4.78, 5) is 4.97. The number of allylic oxidation sites excluding steroid dienone is 2. The van der Waals surface area contributed by atoms with Crippen LogP contribution in [0.15, 0.2) is 42.6 Å². The molecule has 2 saturated heterocycles. The molecule has 3 aliphatic rings. The number of benzene rings is 1. The van der Waals surface area contributed by atoms with Gasteiger partial charge in [0.05, 0.1) is 19.3 Å². The first-order valence-corrected chi connectivity index (χ1v) is 8.83. The van der Waals surface area contributed by atoms with Gasteiger partial charge in [-0.05, 0) is 61.6 Å². The third kappa shape index (κ3) is 3.22. The predicted octanol–water partition coefficient (Wildman–Crippen LogP) is 3.46. The number of aryl methyl sites for hydroxylation is 1. The molecule has 4 rings (SSSR count). The number of nitrogens with zero attached hydrogens (tertiary/aromatic N) is 2. The van der Waals surface area contributed by atoms with Gasteiger partial charge >= 0.3 is 0 Å². The third-order valence-corrected chi connectivity index (χ3v) is 5.29. The van der Waals surface area contributed by atoms with E-state index in [1.807, 2.05) is 0 Å². The number of hydrogen-bond acceptors (Lipinski definition) is 3. The molecule has 0 aromatic heterocycles. The average Bonchev–Trinajstić information content (AvgIpc) is 2.54. The average molecular weight is 310 g/mol. The van der Waals surface area contributed by atoms with Crippen LogP contribution in [0.1, 0.15) is 29.9 Å². The molecule has 1 unspecified atom stereocenters. The lowest BCUT2D eigenvalue weighted by atomic mass is 9.88. The summed E-state index contributed by atoms with van der Waals surface area (Å²) in [5.41, 5.74) is 4.20. The molecule has 0 spiro atoms. The van der Waals surface area contributed by atoms with Crippen molar-refractivity contribution in [2.75, 3.05) is 37.7 Å². The van der Waals surface area contributed by atoms with E-state index in [1.165, 1.54) is 42.7 Å². The summed E-state index contributed by atoms with van der Waals surface area (Å²) < 4.78 is 5.38. The van der Waals surface area contributed by atoms with Gasteiger partial charge in [0.25, 0.3) is 0 Å². The monoisotopic (exact) mass is 310 g/mol. The van der Waals surface area contributed by atoms with Gasteiger partial charge in [-0.15, -0.1) is 0 Å².